The highest BCUT2D eigenvalue weighted by atomic mass is 16.5. The molecule has 0 bridgehead atoms. The van der Waals surface area contributed by atoms with Crippen molar-refractivity contribution in [2.45, 2.75) is 57.5 Å². The van der Waals surface area contributed by atoms with Gasteiger partial charge in [-0.3, -0.25) is 4.79 Å². The predicted molar refractivity (Wildman–Crippen MR) is 156 cm³/mol. The first-order valence-electron chi connectivity index (χ1n) is 14.0. The summed E-state index contributed by atoms with van der Waals surface area (Å²) in [6.45, 7) is 2.87. The Bertz CT molecular complexity index is 1490. The van der Waals surface area contributed by atoms with Gasteiger partial charge in [-0.05, 0) is 60.5 Å². The van der Waals surface area contributed by atoms with Crippen LogP contribution in [0, 0.1) is 0 Å². The number of hydrogen-bond acceptors (Lipinski definition) is 6. The third kappa shape index (κ3) is 5.98. The average Bonchev–Trinajstić information content (AvgIpc) is 3.39. The fraction of sp³-hybridized carbons (Fsp3) is 0.333. The van der Waals surface area contributed by atoms with Crippen molar-refractivity contribution in [1.29, 1.82) is 0 Å². The summed E-state index contributed by atoms with van der Waals surface area (Å²) in [7, 11) is 1.59. The zero-order valence-electron chi connectivity index (χ0n) is 23.0. The molecule has 1 aliphatic heterocycles. The van der Waals surface area contributed by atoms with Crippen LogP contribution in [-0.2, 0) is 4.79 Å². The van der Waals surface area contributed by atoms with Gasteiger partial charge in [0, 0.05) is 5.69 Å². The molecule has 0 spiro atoms. The van der Waals surface area contributed by atoms with Crippen molar-refractivity contribution in [3.05, 3.63) is 94.3 Å². The molecule has 3 aromatic carbocycles. The van der Waals surface area contributed by atoms with Gasteiger partial charge in [-0.2, -0.15) is 0 Å². The third-order valence-corrected chi connectivity index (χ3v) is 7.28. The van der Waals surface area contributed by atoms with E-state index in [1.165, 1.54) is 25.7 Å². The molecule has 7 nitrogen and oxygen atoms in total. The Kier molecular flexibility index (Phi) is 8.69. The van der Waals surface area contributed by atoms with E-state index in [1.807, 2.05) is 36.4 Å². The lowest BCUT2D eigenvalue weighted by molar-refractivity contribution is -0.122. The van der Waals surface area contributed by atoms with Crippen LogP contribution >= 0.6 is 0 Å². The highest BCUT2D eigenvalue weighted by Gasteiger charge is 2.44. The summed E-state index contributed by atoms with van der Waals surface area (Å²) >= 11 is 0. The predicted octanol–water partition coefficient (Wildman–Crippen LogP) is 7.07. The van der Waals surface area contributed by atoms with Crippen molar-refractivity contribution >= 4 is 22.6 Å². The summed E-state index contributed by atoms with van der Waals surface area (Å²) in [5.41, 5.74) is 1.61. The fourth-order valence-electron chi connectivity index (χ4n) is 5.16. The van der Waals surface area contributed by atoms with E-state index in [9.17, 15) is 9.59 Å². The number of hydrogen-bond donors (Lipinski definition) is 1. The van der Waals surface area contributed by atoms with Crippen molar-refractivity contribution in [3.8, 4) is 17.2 Å². The van der Waals surface area contributed by atoms with Gasteiger partial charge < -0.3 is 23.9 Å². The lowest BCUT2D eigenvalue weighted by Crippen LogP contribution is -2.35. The van der Waals surface area contributed by atoms with Gasteiger partial charge in [0.1, 0.15) is 22.8 Å². The molecule has 4 aromatic rings. The number of amides is 1. The van der Waals surface area contributed by atoms with E-state index in [4.69, 9.17) is 18.6 Å². The van der Waals surface area contributed by atoms with Gasteiger partial charge in [0.25, 0.3) is 5.91 Å². The molecule has 0 radical (unpaired) electrons. The molecule has 208 valence electrons. The first-order chi connectivity index (χ1) is 19.6. The quantitative estimate of drug-likeness (QED) is 0.152. The van der Waals surface area contributed by atoms with Crippen LogP contribution in [0.2, 0.25) is 0 Å². The normalized spacial score (nSPS) is 15.8. The molecule has 2 heterocycles. The minimum absolute atomic E-state index is 0.342. The largest absolute Gasteiger partial charge is 0.497 e. The van der Waals surface area contributed by atoms with Gasteiger partial charge in [-0.15, -0.1) is 0 Å². The number of ether oxygens (including phenoxy) is 3. The Balaban J connectivity index is 1.39. The maximum absolute atomic E-state index is 13.6. The Morgan fingerprint density at radius 2 is 1.57 bits per heavy atom. The van der Waals surface area contributed by atoms with Crippen molar-refractivity contribution in [3.63, 3.8) is 0 Å². The molecular formula is C33H35NO6. The molecule has 0 saturated carbocycles. The molecule has 5 rings (SSSR count). The van der Waals surface area contributed by atoms with Gasteiger partial charge in [0.2, 0.25) is 0 Å². The summed E-state index contributed by atoms with van der Waals surface area (Å²) < 4.78 is 23.1. The number of carbonyl (C=O) groups excluding carboxylic acids is 1. The number of fused-ring (bicyclic) bond motifs is 3. The topological polar surface area (TPSA) is 87.0 Å². The van der Waals surface area contributed by atoms with Crippen LogP contribution < -0.4 is 25.2 Å². The van der Waals surface area contributed by atoms with Crippen molar-refractivity contribution in [2.24, 2.45) is 0 Å². The molecule has 0 saturated heterocycles. The van der Waals surface area contributed by atoms with Crippen LogP contribution in [0.15, 0.2) is 82.0 Å². The number of para-hydroxylation sites is 1. The zero-order valence-corrected chi connectivity index (χ0v) is 23.0. The molecule has 0 fully saturated rings. The Hall–Kier alpha value is -4.26. The molecule has 0 aliphatic carbocycles. The molecule has 1 aromatic heterocycles. The molecular weight excluding hydrogens is 506 g/mol. The SMILES string of the molecule is CCCCCCCCOc1ccc([C@H]2c3c(c4ccccc4oc3=O)O[C@H]2C(=O)Nc2ccc(OC)cc2)cc1. The first-order valence-corrected chi connectivity index (χ1v) is 14.0. The van der Waals surface area contributed by atoms with E-state index < -0.39 is 17.6 Å². The minimum Gasteiger partial charge on any atom is -0.497 e. The van der Waals surface area contributed by atoms with Crippen LogP contribution in [-0.4, -0.2) is 25.7 Å². The van der Waals surface area contributed by atoms with Crippen molar-refractivity contribution in [1.82, 2.24) is 0 Å². The number of carbonyl (C=O) groups is 1. The van der Waals surface area contributed by atoms with E-state index in [-0.39, 0.29) is 5.91 Å². The number of methoxy groups -OCH3 is 1. The second-order valence-corrected chi connectivity index (χ2v) is 10.0. The van der Waals surface area contributed by atoms with Gasteiger partial charge in [0.15, 0.2) is 6.10 Å². The van der Waals surface area contributed by atoms with E-state index in [2.05, 4.69) is 12.2 Å². The first kappa shape index (κ1) is 27.3. The van der Waals surface area contributed by atoms with Crippen LogP contribution in [0.3, 0.4) is 0 Å². The Labute approximate surface area is 234 Å². The van der Waals surface area contributed by atoms with Crippen molar-refractivity contribution in [2.75, 3.05) is 19.0 Å². The molecule has 7 heteroatoms. The average molecular weight is 542 g/mol. The second kappa shape index (κ2) is 12.7. The maximum Gasteiger partial charge on any atom is 0.344 e. The number of nitrogens with one attached hydrogen (secondary N) is 1. The smallest absolute Gasteiger partial charge is 0.344 e. The third-order valence-electron chi connectivity index (χ3n) is 7.28. The summed E-state index contributed by atoms with van der Waals surface area (Å²) in [6, 6.07) is 21.8. The number of anilines is 1. The van der Waals surface area contributed by atoms with Gasteiger partial charge in [0.05, 0.1) is 30.6 Å². The van der Waals surface area contributed by atoms with Gasteiger partial charge in [-0.1, -0.05) is 63.3 Å². The number of unbranched alkanes of at least 4 members (excludes halogenated alkanes) is 5. The number of benzene rings is 3. The van der Waals surface area contributed by atoms with E-state index in [0.717, 1.165) is 24.2 Å². The highest BCUT2D eigenvalue weighted by Crippen LogP contribution is 2.44. The monoisotopic (exact) mass is 541 g/mol. The standard InChI is InChI=1S/C33H35NO6/c1-3-4-5-6-7-10-21-38-25-17-13-22(14-18-25)28-29-30(26-11-8-9-12-27(26)39-33(29)36)40-31(28)32(35)34-23-15-19-24(37-2)20-16-23/h8-9,11-20,28,31H,3-7,10,21H2,1-2H3,(H,34,35)/t28-,31+/m0/s1. The van der Waals surface area contributed by atoms with Crippen LogP contribution in [0.25, 0.3) is 11.0 Å². The van der Waals surface area contributed by atoms with Gasteiger partial charge in [-0.25, -0.2) is 4.79 Å². The fourth-order valence-corrected chi connectivity index (χ4v) is 5.16. The lowest BCUT2D eigenvalue weighted by Gasteiger charge is -2.19. The molecule has 2 atom stereocenters. The Morgan fingerprint density at radius 3 is 2.33 bits per heavy atom. The van der Waals surface area contributed by atoms with E-state index in [0.29, 0.717) is 40.3 Å². The van der Waals surface area contributed by atoms with Crippen LogP contribution in [0.4, 0.5) is 5.69 Å². The van der Waals surface area contributed by atoms with E-state index in [1.54, 1.807) is 43.5 Å². The molecule has 1 aliphatic rings. The van der Waals surface area contributed by atoms with Crippen LogP contribution in [0.1, 0.15) is 62.5 Å². The lowest BCUT2D eigenvalue weighted by atomic mass is 9.88. The van der Waals surface area contributed by atoms with Crippen LogP contribution in [0.5, 0.6) is 17.2 Å². The van der Waals surface area contributed by atoms with E-state index >= 15 is 0 Å². The molecule has 1 N–H and O–H groups in total. The maximum atomic E-state index is 13.6. The zero-order chi connectivity index (χ0) is 27.9. The summed E-state index contributed by atoms with van der Waals surface area (Å²) in [5.74, 6) is 0.805. The summed E-state index contributed by atoms with van der Waals surface area (Å²) in [6.07, 6.45) is 6.22. The second-order valence-electron chi connectivity index (χ2n) is 10.0. The van der Waals surface area contributed by atoms with Gasteiger partial charge >= 0.3 is 5.63 Å². The summed E-state index contributed by atoms with van der Waals surface area (Å²) in [4.78, 5) is 26.8. The number of rotatable bonds is 12. The highest BCUT2D eigenvalue weighted by molar-refractivity contribution is 5.97. The molecule has 1 amide bonds. The Morgan fingerprint density at radius 1 is 0.875 bits per heavy atom. The molecule has 40 heavy (non-hydrogen) atoms. The minimum atomic E-state index is -0.972. The van der Waals surface area contributed by atoms with Crippen molar-refractivity contribution < 1.29 is 23.4 Å². The molecule has 0 unspecified atom stereocenters. The summed E-state index contributed by atoms with van der Waals surface area (Å²) in [5, 5.41) is 3.58.